The quantitative estimate of drug-likeness (QED) is 0.189. The van der Waals surface area contributed by atoms with E-state index in [9.17, 15) is 0 Å². The van der Waals surface area contributed by atoms with Crippen molar-refractivity contribution in [1.82, 2.24) is 14.8 Å². The molecule has 0 aliphatic rings. The molecule has 1 N–H and O–H groups in total. The molecule has 0 spiro atoms. The van der Waals surface area contributed by atoms with Crippen molar-refractivity contribution >= 4 is 28.6 Å². The Hall–Kier alpha value is -3.24. The van der Waals surface area contributed by atoms with E-state index < -0.39 is 0 Å². The van der Waals surface area contributed by atoms with Crippen molar-refractivity contribution in [1.29, 1.82) is 0 Å². The highest BCUT2D eigenvalue weighted by Gasteiger charge is 2.19. The maximum atomic E-state index is 5.72. The summed E-state index contributed by atoms with van der Waals surface area (Å²) in [6, 6.07) is 14.6. The Balaban J connectivity index is 2.24. The second kappa shape index (κ2) is 11.1. The number of benzene rings is 2. The lowest BCUT2D eigenvalue weighted by Crippen LogP contribution is -2.06. The first-order chi connectivity index (χ1) is 15.8. The van der Waals surface area contributed by atoms with Crippen LogP contribution < -0.4 is 0 Å². The van der Waals surface area contributed by atoms with Crippen LogP contribution >= 0.6 is 12.2 Å². The normalized spacial score (nSPS) is 13.2. The molecule has 3 rings (SSSR count). The number of aromatic nitrogens is 3. The van der Waals surface area contributed by atoms with Crippen LogP contribution in [0.4, 0.5) is 0 Å². The lowest BCUT2D eigenvalue weighted by Gasteiger charge is -2.18. The minimum atomic E-state index is 0.185. The standard InChI is InChI=1S/C29H33N3S/c1-7-12-26(24(18-21(5)6)19-22(8-2)17-20(3)4)28-30-31-29(33)32(28)27-16-11-14-23-13-9-10-15-25(23)27/h8-16,19,22H,2-3,5,7,17-18H2,1,4,6H3,(H,31,33)/b24-19-,26-12+. The second-order valence-electron chi connectivity index (χ2n) is 8.60. The molecule has 1 unspecified atom stereocenters. The fourth-order valence-corrected chi connectivity index (χ4v) is 4.35. The van der Waals surface area contributed by atoms with Gasteiger partial charge in [0, 0.05) is 11.0 Å². The van der Waals surface area contributed by atoms with Crippen LogP contribution in [0.15, 0.2) is 97.1 Å². The summed E-state index contributed by atoms with van der Waals surface area (Å²) < 4.78 is 2.62. The van der Waals surface area contributed by atoms with Gasteiger partial charge in [-0.1, -0.05) is 79.3 Å². The van der Waals surface area contributed by atoms with Crippen LogP contribution in [0.1, 0.15) is 45.9 Å². The molecule has 0 radical (unpaired) electrons. The maximum Gasteiger partial charge on any atom is 0.200 e. The van der Waals surface area contributed by atoms with Crippen LogP contribution in [0.2, 0.25) is 0 Å². The summed E-state index contributed by atoms with van der Waals surface area (Å²) in [6.45, 7) is 18.6. The molecule has 0 fully saturated rings. The average Bonchev–Trinajstić information content (AvgIpc) is 3.16. The third-order valence-electron chi connectivity index (χ3n) is 5.47. The first-order valence-electron chi connectivity index (χ1n) is 11.3. The van der Waals surface area contributed by atoms with Crippen LogP contribution in [0, 0.1) is 10.7 Å². The second-order valence-corrected chi connectivity index (χ2v) is 8.99. The number of nitrogens with zero attached hydrogens (tertiary/aromatic N) is 2. The van der Waals surface area contributed by atoms with Gasteiger partial charge in [-0.2, -0.15) is 5.10 Å². The number of nitrogens with one attached hydrogen (secondary N) is 1. The number of rotatable bonds is 10. The van der Waals surface area contributed by atoms with Crippen LogP contribution in [0.3, 0.4) is 0 Å². The molecular formula is C29H33N3S. The van der Waals surface area contributed by atoms with E-state index in [1.165, 1.54) is 5.57 Å². The van der Waals surface area contributed by atoms with Gasteiger partial charge in [0.2, 0.25) is 0 Å². The van der Waals surface area contributed by atoms with Crippen molar-refractivity contribution in [2.45, 2.75) is 40.0 Å². The van der Waals surface area contributed by atoms with Gasteiger partial charge < -0.3 is 0 Å². The monoisotopic (exact) mass is 455 g/mol. The third kappa shape index (κ3) is 5.77. The largest absolute Gasteiger partial charge is 0.268 e. The topological polar surface area (TPSA) is 33.6 Å². The molecule has 0 saturated carbocycles. The van der Waals surface area contributed by atoms with Crippen LogP contribution in [0.5, 0.6) is 0 Å². The van der Waals surface area contributed by atoms with Crippen molar-refractivity contribution in [2.24, 2.45) is 5.92 Å². The molecule has 4 heteroatoms. The van der Waals surface area contributed by atoms with Crippen molar-refractivity contribution < 1.29 is 0 Å². The molecule has 0 amide bonds. The highest BCUT2D eigenvalue weighted by atomic mass is 32.1. The molecule has 33 heavy (non-hydrogen) atoms. The van der Waals surface area contributed by atoms with E-state index in [4.69, 9.17) is 17.3 Å². The summed E-state index contributed by atoms with van der Waals surface area (Å²) >= 11 is 5.72. The molecule has 3 nitrogen and oxygen atoms in total. The zero-order valence-corrected chi connectivity index (χ0v) is 20.7. The Morgan fingerprint density at radius 2 is 1.85 bits per heavy atom. The smallest absolute Gasteiger partial charge is 0.200 e. The molecule has 0 bridgehead atoms. The summed E-state index contributed by atoms with van der Waals surface area (Å²) in [5.74, 6) is 0.994. The van der Waals surface area contributed by atoms with Crippen LogP contribution in [0.25, 0.3) is 22.0 Å². The number of allylic oxidation sites excluding steroid dienone is 7. The molecule has 0 saturated heterocycles. The van der Waals surface area contributed by atoms with E-state index >= 15 is 0 Å². The number of aromatic amines is 1. The Bertz CT molecular complexity index is 1290. The van der Waals surface area contributed by atoms with E-state index in [2.05, 4.69) is 100 Å². The predicted octanol–water partition coefficient (Wildman–Crippen LogP) is 8.54. The zero-order chi connectivity index (χ0) is 24.0. The van der Waals surface area contributed by atoms with Crippen LogP contribution in [-0.2, 0) is 0 Å². The molecule has 1 aromatic heterocycles. The summed E-state index contributed by atoms with van der Waals surface area (Å²) in [7, 11) is 0. The van der Waals surface area contributed by atoms with Gasteiger partial charge in [0.05, 0.1) is 5.69 Å². The van der Waals surface area contributed by atoms with Gasteiger partial charge in [0.1, 0.15) is 0 Å². The molecule has 2 aromatic carbocycles. The highest BCUT2D eigenvalue weighted by Crippen LogP contribution is 2.33. The Labute approximate surface area is 202 Å². The molecule has 0 aliphatic heterocycles. The van der Waals surface area contributed by atoms with Crippen molar-refractivity contribution in [3.63, 3.8) is 0 Å². The average molecular weight is 456 g/mol. The maximum absolute atomic E-state index is 5.72. The molecular weight excluding hydrogens is 422 g/mol. The fraction of sp³-hybridized carbons (Fsp3) is 0.241. The first kappa shape index (κ1) is 24.4. The summed E-state index contributed by atoms with van der Waals surface area (Å²) in [5.41, 5.74) is 5.47. The lowest BCUT2D eigenvalue weighted by molar-refractivity contribution is 0.790. The van der Waals surface area contributed by atoms with Crippen LogP contribution in [-0.4, -0.2) is 14.8 Å². The highest BCUT2D eigenvalue weighted by molar-refractivity contribution is 7.71. The lowest BCUT2D eigenvalue weighted by atomic mass is 9.91. The number of hydrogen-bond acceptors (Lipinski definition) is 2. The van der Waals surface area contributed by atoms with E-state index in [0.717, 1.165) is 58.3 Å². The molecule has 1 atom stereocenters. The fourth-order valence-electron chi connectivity index (χ4n) is 4.11. The zero-order valence-electron chi connectivity index (χ0n) is 19.9. The van der Waals surface area contributed by atoms with E-state index in [0.29, 0.717) is 4.77 Å². The van der Waals surface area contributed by atoms with Crippen molar-refractivity contribution in [3.8, 4) is 5.69 Å². The summed E-state index contributed by atoms with van der Waals surface area (Å²) in [6.07, 6.45) is 8.97. The third-order valence-corrected chi connectivity index (χ3v) is 5.74. The number of H-pyrrole nitrogens is 1. The minimum Gasteiger partial charge on any atom is -0.268 e. The Morgan fingerprint density at radius 3 is 2.52 bits per heavy atom. The molecule has 1 heterocycles. The number of fused-ring (bicyclic) bond motifs is 1. The molecule has 3 aromatic rings. The Kier molecular flexibility index (Phi) is 8.18. The van der Waals surface area contributed by atoms with E-state index in [1.54, 1.807) is 0 Å². The van der Waals surface area contributed by atoms with Gasteiger partial charge in [-0.3, -0.25) is 9.67 Å². The van der Waals surface area contributed by atoms with Gasteiger partial charge in [-0.25, -0.2) is 0 Å². The van der Waals surface area contributed by atoms with E-state index in [1.807, 2.05) is 10.6 Å². The molecule has 170 valence electrons. The summed E-state index contributed by atoms with van der Waals surface area (Å²) in [5, 5.41) is 10.0. The minimum absolute atomic E-state index is 0.185. The number of hydrogen-bond donors (Lipinski definition) is 1. The summed E-state index contributed by atoms with van der Waals surface area (Å²) in [4.78, 5) is 0. The van der Waals surface area contributed by atoms with Crippen molar-refractivity contribution in [3.05, 3.63) is 108 Å². The van der Waals surface area contributed by atoms with Gasteiger partial charge in [0.15, 0.2) is 10.6 Å². The van der Waals surface area contributed by atoms with Gasteiger partial charge >= 0.3 is 0 Å². The van der Waals surface area contributed by atoms with Gasteiger partial charge in [0.25, 0.3) is 0 Å². The molecule has 0 aliphatic carbocycles. The van der Waals surface area contributed by atoms with E-state index in [-0.39, 0.29) is 5.92 Å². The SMILES string of the molecule is C=CC(/C=C(CC(=C)C)\C(=C/CC)c1n[nH]c(=S)n1-c1cccc2ccccc12)CC(=C)C. The van der Waals surface area contributed by atoms with Crippen molar-refractivity contribution in [2.75, 3.05) is 0 Å². The first-order valence-corrected chi connectivity index (χ1v) is 11.7. The Morgan fingerprint density at radius 1 is 1.12 bits per heavy atom. The van der Waals surface area contributed by atoms with Gasteiger partial charge in [-0.05, 0) is 68.3 Å². The predicted molar refractivity (Wildman–Crippen MR) is 145 cm³/mol. The van der Waals surface area contributed by atoms with Gasteiger partial charge in [-0.15, -0.1) is 13.2 Å².